The molecule has 0 saturated heterocycles. The fourth-order valence-electron chi connectivity index (χ4n) is 3.37. The van der Waals surface area contributed by atoms with Crippen LogP contribution in [0, 0.1) is 0 Å². The Morgan fingerprint density at radius 3 is 1.56 bits per heavy atom. The van der Waals surface area contributed by atoms with Gasteiger partial charge in [-0.2, -0.15) is 0 Å². The third-order valence-electron chi connectivity index (χ3n) is 5.03. The van der Waals surface area contributed by atoms with E-state index in [1.54, 1.807) is 6.20 Å². The Morgan fingerprint density at radius 2 is 1.11 bits per heavy atom. The summed E-state index contributed by atoms with van der Waals surface area (Å²) in [5, 5.41) is 0. The molecular formula is C23H29N3O. The fraction of sp³-hybridized carbons (Fsp3) is 0.348. The van der Waals surface area contributed by atoms with Crippen molar-refractivity contribution < 1.29 is 4.42 Å². The number of rotatable bonds is 8. The van der Waals surface area contributed by atoms with Crippen molar-refractivity contribution in [2.45, 2.75) is 27.7 Å². The Hall–Kier alpha value is -2.75. The molecule has 4 nitrogen and oxygen atoms in total. The van der Waals surface area contributed by atoms with E-state index in [-0.39, 0.29) is 0 Å². The van der Waals surface area contributed by atoms with E-state index in [4.69, 9.17) is 4.42 Å². The molecule has 0 fully saturated rings. The van der Waals surface area contributed by atoms with Crippen LogP contribution in [0.5, 0.6) is 0 Å². The zero-order valence-corrected chi connectivity index (χ0v) is 16.8. The van der Waals surface area contributed by atoms with Crippen LogP contribution in [0.25, 0.3) is 22.8 Å². The third-order valence-corrected chi connectivity index (χ3v) is 5.03. The van der Waals surface area contributed by atoms with E-state index >= 15 is 0 Å². The van der Waals surface area contributed by atoms with Crippen LogP contribution in [0.3, 0.4) is 0 Å². The second kappa shape index (κ2) is 8.76. The van der Waals surface area contributed by atoms with Gasteiger partial charge in [-0.1, -0.05) is 0 Å². The lowest BCUT2D eigenvalue weighted by Gasteiger charge is -2.21. The van der Waals surface area contributed by atoms with Crippen LogP contribution >= 0.6 is 0 Å². The van der Waals surface area contributed by atoms with Crippen LogP contribution in [0.1, 0.15) is 27.7 Å². The Morgan fingerprint density at radius 1 is 0.667 bits per heavy atom. The highest BCUT2D eigenvalue weighted by Gasteiger charge is 2.10. The van der Waals surface area contributed by atoms with Crippen LogP contribution in [0.4, 0.5) is 11.4 Å². The molecule has 142 valence electrons. The van der Waals surface area contributed by atoms with Gasteiger partial charge >= 0.3 is 0 Å². The first-order chi connectivity index (χ1) is 13.2. The Bertz CT molecular complexity index is 759. The smallest absolute Gasteiger partial charge is 0.226 e. The molecule has 0 aliphatic carbocycles. The molecule has 0 unspecified atom stereocenters. The normalized spacial score (nSPS) is 10.8. The summed E-state index contributed by atoms with van der Waals surface area (Å²) in [4.78, 5) is 9.12. The van der Waals surface area contributed by atoms with Gasteiger partial charge in [0.1, 0.15) is 0 Å². The van der Waals surface area contributed by atoms with Crippen molar-refractivity contribution in [3.8, 4) is 22.8 Å². The number of hydrogen-bond acceptors (Lipinski definition) is 4. The Balaban J connectivity index is 1.78. The molecule has 3 rings (SSSR count). The average Bonchev–Trinajstić information content (AvgIpc) is 3.21. The first-order valence-corrected chi connectivity index (χ1v) is 9.86. The largest absolute Gasteiger partial charge is 0.436 e. The minimum absolute atomic E-state index is 0.656. The number of benzene rings is 2. The van der Waals surface area contributed by atoms with E-state index in [9.17, 15) is 0 Å². The lowest BCUT2D eigenvalue weighted by Crippen LogP contribution is -2.21. The predicted molar refractivity (Wildman–Crippen MR) is 114 cm³/mol. The number of nitrogens with zero attached hydrogens (tertiary/aromatic N) is 3. The summed E-state index contributed by atoms with van der Waals surface area (Å²) in [6.07, 6.45) is 1.81. The van der Waals surface area contributed by atoms with E-state index in [2.05, 4.69) is 91.0 Å². The molecule has 3 aromatic rings. The number of aromatic nitrogens is 1. The van der Waals surface area contributed by atoms with Crippen LogP contribution < -0.4 is 9.80 Å². The molecule has 2 aromatic carbocycles. The van der Waals surface area contributed by atoms with Gasteiger partial charge in [0, 0.05) is 48.7 Å². The van der Waals surface area contributed by atoms with Gasteiger partial charge in [-0.05, 0) is 76.2 Å². The van der Waals surface area contributed by atoms with Gasteiger partial charge in [-0.3, -0.25) is 0 Å². The average molecular weight is 364 g/mol. The van der Waals surface area contributed by atoms with Crippen molar-refractivity contribution in [3.05, 3.63) is 54.7 Å². The number of oxazole rings is 1. The van der Waals surface area contributed by atoms with Crippen LogP contribution in [-0.2, 0) is 0 Å². The molecule has 27 heavy (non-hydrogen) atoms. The van der Waals surface area contributed by atoms with Gasteiger partial charge in [-0.25, -0.2) is 4.98 Å². The van der Waals surface area contributed by atoms with Crippen molar-refractivity contribution in [3.63, 3.8) is 0 Å². The van der Waals surface area contributed by atoms with Gasteiger partial charge in [0.25, 0.3) is 0 Å². The maximum Gasteiger partial charge on any atom is 0.226 e. The van der Waals surface area contributed by atoms with E-state index in [0.29, 0.717) is 5.89 Å². The Kier molecular flexibility index (Phi) is 6.17. The molecule has 0 bridgehead atoms. The van der Waals surface area contributed by atoms with Crippen LogP contribution in [0.15, 0.2) is 59.1 Å². The lowest BCUT2D eigenvalue weighted by molar-refractivity contribution is 0.589. The second-order valence-corrected chi connectivity index (χ2v) is 6.47. The zero-order valence-electron chi connectivity index (χ0n) is 16.8. The van der Waals surface area contributed by atoms with Gasteiger partial charge < -0.3 is 14.2 Å². The van der Waals surface area contributed by atoms with Crippen LogP contribution in [-0.4, -0.2) is 31.2 Å². The minimum Gasteiger partial charge on any atom is -0.436 e. The first-order valence-electron chi connectivity index (χ1n) is 9.86. The fourth-order valence-corrected chi connectivity index (χ4v) is 3.37. The van der Waals surface area contributed by atoms with E-state index in [0.717, 1.165) is 43.1 Å². The maximum atomic E-state index is 6.02. The van der Waals surface area contributed by atoms with Crippen LogP contribution in [0.2, 0.25) is 0 Å². The molecule has 0 spiro atoms. The standard InChI is InChI=1S/C23H29N3O/c1-5-25(6-2)20-13-9-18(10-14-20)22-17-24-23(27-22)19-11-15-21(16-12-19)26(7-3)8-4/h9-17H,5-8H2,1-4H3. The summed E-state index contributed by atoms with van der Waals surface area (Å²) in [6.45, 7) is 12.7. The number of anilines is 2. The van der Waals surface area contributed by atoms with Crippen molar-refractivity contribution in [1.82, 2.24) is 4.98 Å². The summed E-state index contributed by atoms with van der Waals surface area (Å²) in [5.74, 6) is 1.45. The first kappa shape index (κ1) is 19.0. The quantitative estimate of drug-likeness (QED) is 0.514. The maximum absolute atomic E-state index is 6.02. The molecule has 0 radical (unpaired) electrons. The summed E-state index contributed by atoms with van der Waals surface area (Å²) in [5.41, 5.74) is 4.50. The van der Waals surface area contributed by atoms with Gasteiger partial charge in [0.2, 0.25) is 5.89 Å². The van der Waals surface area contributed by atoms with Crippen molar-refractivity contribution >= 4 is 11.4 Å². The molecule has 0 aliphatic rings. The highest BCUT2D eigenvalue weighted by molar-refractivity contribution is 5.65. The predicted octanol–water partition coefficient (Wildman–Crippen LogP) is 5.70. The molecular weight excluding hydrogens is 334 g/mol. The molecule has 0 N–H and O–H groups in total. The molecule has 1 aromatic heterocycles. The highest BCUT2D eigenvalue weighted by atomic mass is 16.4. The number of hydrogen-bond donors (Lipinski definition) is 0. The van der Waals surface area contributed by atoms with Gasteiger partial charge in [-0.15, -0.1) is 0 Å². The Labute approximate surface area is 162 Å². The zero-order chi connectivity index (χ0) is 19.2. The highest BCUT2D eigenvalue weighted by Crippen LogP contribution is 2.28. The SMILES string of the molecule is CCN(CC)c1ccc(-c2cnc(-c3ccc(N(CC)CC)cc3)o2)cc1. The molecule has 0 saturated carbocycles. The monoisotopic (exact) mass is 363 g/mol. The van der Waals surface area contributed by atoms with E-state index < -0.39 is 0 Å². The third kappa shape index (κ3) is 4.16. The van der Waals surface area contributed by atoms with E-state index in [1.165, 1.54) is 11.4 Å². The van der Waals surface area contributed by atoms with E-state index in [1.807, 2.05) is 0 Å². The summed E-state index contributed by atoms with van der Waals surface area (Å²) >= 11 is 0. The molecule has 1 heterocycles. The summed E-state index contributed by atoms with van der Waals surface area (Å²) < 4.78 is 6.02. The minimum atomic E-state index is 0.656. The van der Waals surface area contributed by atoms with Crippen molar-refractivity contribution in [2.75, 3.05) is 36.0 Å². The molecule has 0 atom stereocenters. The lowest BCUT2D eigenvalue weighted by atomic mass is 10.1. The molecule has 0 amide bonds. The summed E-state index contributed by atoms with van der Waals surface area (Å²) in [6, 6.07) is 16.9. The molecule has 0 aliphatic heterocycles. The van der Waals surface area contributed by atoms with Crippen molar-refractivity contribution in [1.29, 1.82) is 0 Å². The topological polar surface area (TPSA) is 32.5 Å². The van der Waals surface area contributed by atoms with Gasteiger partial charge in [0.05, 0.1) is 6.20 Å². The molecule has 4 heteroatoms. The van der Waals surface area contributed by atoms with Crippen molar-refractivity contribution in [2.24, 2.45) is 0 Å². The van der Waals surface area contributed by atoms with Gasteiger partial charge in [0.15, 0.2) is 5.76 Å². The second-order valence-electron chi connectivity index (χ2n) is 6.47. The summed E-state index contributed by atoms with van der Waals surface area (Å²) in [7, 11) is 0.